The lowest BCUT2D eigenvalue weighted by molar-refractivity contribution is -0.133. The van der Waals surface area contributed by atoms with Gasteiger partial charge in [-0.3, -0.25) is 14.5 Å². The number of likely N-dealkylation sites (tertiary alicyclic amines) is 1. The van der Waals surface area contributed by atoms with Crippen LogP contribution < -0.4 is 10.6 Å². The minimum Gasteiger partial charge on any atom is -0.349 e. The van der Waals surface area contributed by atoms with Crippen LogP contribution in [0.25, 0.3) is 0 Å². The third-order valence-electron chi connectivity index (χ3n) is 8.19. The lowest BCUT2D eigenvalue weighted by Gasteiger charge is -2.38. The first-order valence-electron chi connectivity index (χ1n) is 13.4. The average Bonchev–Trinajstić information content (AvgIpc) is 3.53. The van der Waals surface area contributed by atoms with Crippen LogP contribution in [-0.4, -0.2) is 52.8 Å². The molecule has 2 heterocycles. The summed E-state index contributed by atoms with van der Waals surface area (Å²) in [6.07, 6.45) is 6.25. The van der Waals surface area contributed by atoms with Crippen LogP contribution in [0.3, 0.4) is 0 Å². The predicted molar refractivity (Wildman–Crippen MR) is 153 cm³/mol. The van der Waals surface area contributed by atoms with Crippen LogP contribution in [-0.2, 0) is 16.1 Å². The summed E-state index contributed by atoms with van der Waals surface area (Å²) < 4.78 is 0.963. The Kier molecular flexibility index (Phi) is 9.50. The molecule has 0 bridgehead atoms. The van der Waals surface area contributed by atoms with Crippen molar-refractivity contribution in [3.63, 3.8) is 0 Å². The quantitative estimate of drug-likeness (QED) is 0.407. The molecule has 4 amide bonds. The molecule has 5 rings (SSSR count). The maximum atomic E-state index is 13.3. The van der Waals surface area contributed by atoms with Crippen molar-refractivity contribution in [2.24, 2.45) is 5.92 Å². The third-order valence-corrected chi connectivity index (χ3v) is 8.72. The van der Waals surface area contributed by atoms with Gasteiger partial charge in [-0.2, -0.15) is 0 Å². The van der Waals surface area contributed by atoms with E-state index in [-0.39, 0.29) is 48.8 Å². The van der Waals surface area contributed by atoms with Crippen LogP contribution in [0.1, 0.15) is 62.1 Å². The molecular formula is C29H36BrClN4O3. The van der Waals surface area contributed by atoms with Crippen LogP contribution in [0.4, 0.5) is 4.79 Å². The molecule has 1 aliphatic carbocycles. The third kappa shape index (κ3) is 6.41. The van der Waals surface area contributed by atoms with E-state index in [1.807, 2.05) is 42.5 Å². The number of benzene rings is 2. The molecule has 0 radical (unpaired) electrons. The van der Waals surface area contributed by atoms with E-state index < -0.39 is 5.54 Å². The minimum absolute atomic E-state index is 0. The maximum Gasteiger partial charge on any atom is 0.325 e. The fourth-order valence-corrected chi connectivity index (χ4v) is 6.15. The van der Waals surface area contributed by atoms with Gasteiger partial charge in [-0.1, -0.05) is 71.2 Å². The summed E-state index contributed by atoms with van der Waals surface area (Å²) in [5.41, 5.74) is 1.25. The van der Waals surface area contributed by atoms with Crippen molar-refractivity contribution in [2.45, 2.75) is 63.1 Å². The first-order valence-corrected chi connectivity index (χ1v) is 14.2. The monoisotopic (exact) mass is 602 g/mol. The fraction of sp³-hybridized carbons (Fsp3) is 0.483. The number of carbonyl (C=O) groups is 3. The van der Waals surface area contributed by atoms with Gasteiger partial charge in [-0.25, -0.2) is 4.79 Å². The molecule has 2 N–H and O–H groups in total. The molecular weight excluding hydrogens is 568 g/mol. The van der Waals surface area contributed by atoms with E-state index in [1.54, 1.807) is 0 Å². The highest BCUT2D eigenvalue weighted by Gasteiger charge is 2.52. The van der Waals surface area contributed by atoms with Gasteiger partial charge in [0.1, 0.15) is 5.54 Å². The summed E-state index contributed by atoms with van der Waals surface area (Å²) in [6, 6.07) is 17.5. The van der Waals surface area contributed by atoms with Gasteiger partial charge < -0.3 is 15.5 Å². The van der Waals surface area contributed by atoms with E-state index in [2.05, 4.69) is 43.6 Å². The average molecular weight is 604 g/mol. The Morgan fingerprint density at radius 3 is 2.34 bits per heavy atom. The SMILES string of the molecule is Cl.O=C(N[C@@H](CCN1CCC2(CC1)NC(=O)N(Cc1ccc(Br)cc1)C2=O)c1ccccc1)C1CCCC1. The molecule has 3 fully saturated rings. The number of nitrogens with zero attached hydrogens (tertiary/aromatic N) is 2. The molecule has 1 atom stereocenters. The Labute approximate surface area is 239 Å². The van der Waals surface area contributed by atoms with Gasteiger partial charge in [0, 0.05) is 30.0 Å². The molecule has 2 aliphatic heterocycles. The lowest BCUT2D eigenvalue weighted by Crippen LogP contribution is -2.55. The van der Waals surface area contributed by atoms with Crippen LogP contribution in [0.2, 0.25) is 0 Å². The molecule has 7 nitrogen and oxygen atoms in total. The molecule has 2 saturated heterocycles. The van der Waals surface area contributed by atoms with Crippen LogP contribution in [0.5, 0.6) is 0 Å². The van der Waals surface area contributed by atoms with E-state index in [4.69, 9.17) is 0 Å². The van der Waals surface area contributed by atoms with Crippen molar-refractivity contribution in [3.8, 4) is 0 Å². The van der Waals surface area contributed by atoms with Gasteiger partial charge in [0.25, 0.3) is 5.91 Å². The summed E-state index contributed by atoms with van der Waals surface area (Å²) in [6.45, 7) is 2.57. The van der Waals surface area contributed by atoms with Gasteiger partial charge >= 0.3 is 6.03 Å². The van der Waals surface area contributed by atoms with Gasteiger partial charge in [0.15, 0.2) is 0 Å². The number of piperidine rings is 1. The number of hydrogen-bond donors (Lipinski definition) is 2. The topological polar surface area (TPSA) is 81.8 Å². The Morgan fingerprint density at radius 1 is 1.03 bits per heavy atom. The van der Waals surface area contributed by atoms with Gasteiger partial charge in [-0.05, 0) is 55.4 Å². The summed E-state index contributed by atoms with van der Waals surface area (Å²) in [7, 11) is 0. The second kappa shape index (κ2) is 12.6. The molecule has 0 aromatic heterocycles. The normalized spacial score (nSPS) is 20.3. The molecule has 3 aliphatic rings. The zero-order valence-electron chi connectivity index (χ0n) is 21.5. The zero-order chi connectivity index (χ0) is 25.8. The van der Waals surface area contributed by atoms with E-state index in [9.17, 15) is 14.4 Å². The first kappa shape index (κ1) is 28.6. The highest BCUT2D eigenvalue weighted by atomic mass is 79.9. The van der Waals surface area contributed by atoms with Gasteiger partial charge in [-0.15, -0.1) is 12.4 Å². The maximum absolute atomic E-state index is 13.3. The highest BCUT2D eigenvalue weighted by Crippen LogP contribution is 2.31. The zero-order valence-corrected chi connectivity index (χ0v) is 23.9. The van der Waals surface area contributed by atoms with Crippen LogP contribution >= 0.6 is 28.3 Å². The molecule has 2 aromatic rings. The minimum atomic E-state index is -0.807. The first-order chi connectivity index (χ1) is 17.9. The molecule has 38 heavy (non-hydrogen) atoms. The number of urea groups is 1. The summed E-state index contributed by atoms with van der Waals surface area (Å²) in [4.78, 5) is 42.6. The Bertz CT molecular complexity index is 1120. The number of halogens is 2. The van der Waals surface area contributed by atoms with Crippen molar-refractivity contribution in [1.82, 2.24) is 20.4 Å². The fourth-order valence-electron chi connectivity index (χ4n) is 5.89. The summed E-state index contributed by atoms with van der Waals surface area (Å²) in [5.74, 6) is 0.193. The standard InChI is InChI=1S/C29H35BrN4O3.ClH/c30-24-12-10-21(11-13-24)20-34-27(36)29(32-28(34)37)15-18-33(19-16-29)17-14-25(22-6-2-1-3-7-22)31-26(35)23-8-4-5-9-23;/h1-3,6-7,10-13,23,25H,4-5,8-9,14-20H2,(H,31,35)(H,32,37);1H/t25-;/m0./s1. The smallest absolute Gasteiger partial charge is 0.325 e. The Morgan fingerprint density at radius 2 is 1.68 bits per heavy atom. The van der Waals surface area contributed by atoms with Crippen molar-refractivity contribution in [2.75, 3.05) is 19.6 Å². The second-order valence-electron chi connectivity index (χ2n) is 10.6. The highest BCUT2D eigenvalue weighted by molar-refractivity contribution is 9.10. The molecule has 1 saturated carbocycles. The molecule has 0 unspecified atom stereocenters. The van der Waals surface area contributed by atoms with E-state index >= 15 is 0 Å². The number of amides is 4. The summed E-state index contributed by atoms with van der Waals surface area (Å²) >= 11 is 3.42. The van der Waals surface area contributed by atoms with Crippen molar-refractivity contribution >= 4 is 46.2 Å². The lowest BCUT2D eigenvalue weighted by atomic mass is 9.87. The largest absolute Gasteiger partial charge is 0.349 e. The van der Waals surface area contributed by atoms with Crippen LogP contribution in [0, 0.1) is 5.92 Å². The van der Waals surface area contributed by atoms with Crippen molar-refractivity contribution in [1.29, 1.82) is 0 Å². The number of rotatable bonds is 8. The number of nitrogens with one attached hydrogen (secondary N) is 2. The number of imide groups is 1. The van der Waals surface area contributed by atoms with Crippen LogP contribution in [0.15, 0.2) is 59.1 Å². The molecule has 9 heteroatoms. The number of carbonyl (C=O) groups excluding carboxylic acids is 3. The van der Waals surface area contributed by atoms with Gasteiger partial charge in [0.2, 0.25) is 5.91 Å². The number of hydrogen-bond acceptors (Lipinski definition) is 4. The van der Waals surface area contributed by atoms with Crippen molar-refractivity contribution < 1.29 is 14.4 Å². The summed E-state index contributed by atoms with van der Waals surface area (Å²) in [5, 5.41) is 6.34. The van der Waals surface area contributed by atoms with Crippen molar-refractivity contribution in [3.05, 3.63) is 70.2 Å². The van der Waals surface area contributed by atoms with E-state index in [0.29, 0.717) is 12.8 Å². The molecule has 2 aromatic carbocycles. The predicted octanol–water partition coefficient (Wildman–Crippen LogP) is 5.20. The van der Waals surface area contributed by atoms with Gasteiger partial charge in [0.05, 0.1) is 12.6 Å². The molecule has 204 valence electrons. The second-order valence-corrected chi connectivity index (χ2v) is 11.5. The Hall–Kier alpha value is -2.42. The van der Waals surface area contributed by atoms with E-state index in [1.165, 1.54) is 4.90 Å². The van der Waals surface area contributed by atoms with E-state index in [0.717, 1.165) is 67.3 Å². The molecule has 1 spiro atoms. The Balaban J connectivity index is 0.00000336.